The lowest BCUT2D eigenvalue weighted by Crippen LogP contribution is -2.09. The van der Waals surface area contributed by atoms with Crippen LogP contribution in [-0.2, 0) is 12.4 Å². The topological polar surface area (TPSA) is 12.9 Å². The minimum absolute atomic E-state index is 0.0157. The summed E-state index contributed by atoms with van der Waals surface area (Å²) in [5.41, 5.74) is -2.22. The third kappa shape index (κ3) is 4.10. The maximum Gasteiger partial charge on any atom is 0.417 e. The first kappa shape index (κ1) is 19.7. The largest absolute Gasteiger partial charge is 0.417 e. The first-order valence-corrected chi connectivity index (χ1v) is 8.66. The smallest absolute Gasteiger partial charge is 0.247 e. The van der Waals surface area contributed by atoms with Crippen LogP contribution in [0.2, 0.25) is 0 Å². The van der Waals surface area contributed by atoms with Gasteiger partial charge < -0.3 is 0 Å². The van der Waals surface area contributed by atoms with E-state index in [9.17, 15) is 26.3 Å². The van der Waals surface area contributed by atoms with Crippen molar-refractivity contribution in [1.82, 2.24) is 4.98 Å². The highest BCUT2D eigenvalue weighted by Crippen LogP contribution is 2.40. The molecule has 0 radical (unpaired) electrons. The molecular weight excluding hydrogens is 483 g/mol. The Kier molecular flexibility index (Phi) is 5.20. The summed E-state index contributed by atoms with van der Waals surface area (Å²) in [6.07, 6.45) is -9.22. The Hall–Kier alpha value is -2.10. The van der Waals surface area contributed by atoms with Gasteiger partial charge in [0.1, 0.15) is 0 Å². The van der Waals surface area contributed by atoms with Crippen molar-refractivity contribution in [3.63, 3.8) is 0 Å². The molecule has 0 aliphatic rings. The van der Waals surface area contributed by atoms with E-state index >= 15 is 0 Å². The van der Waals surface area contributed by atoms with Crippen LogP contribution in [0.4, 0.5) is 26.3 Å². The maximum atomic E-state index is 13.3. The fraction of sp³-hybridized carbons (Fsp3) is 0.105. The number of pyridine rings is 1. The summed E-state index contributed by atoms with van der Waals surface area (Å²) < 4.78 is 80.2. The van der Waals surface area contributed by atoms with Gasteiger partial charge in [0.15, 0.2) is 0 Å². The summed E-state index contributed by atoms with van der Waals surface area (Å²) in [5, 5.41) is 0. The van der Waals surface area contributed by atoms with Crippen LogP contribution in [0, 0.1) is 3.57 Å². The van der Waals surface area contributed by atoms with E-state index in [0.717, 1.165) is 12.1 Å². The van der Waals surface area contributed by atoms with Crippen LogP contribution in [0.15, 0.2) is 60.7 Å². The molecule has 0 saturated heterocycles. The summed E-state index contributed by atoms with van der Waals surface area (Å²) in [6.45, 7) is 0. The Balaban J connectivity index is 2.23. The Labute approximate surface area is 164 Å². The van der Waals surface area contributed by atoms with Crippen LogP contribution < -0.4 is 0 Å². The molecule has 0 aliphatic heterocycles. The van der Waals surface area contributed by atoms with Crippen molar-refractivity contribution < 1.29 is 26.3 Å². The first-order chi connectivity index (χ1) is 12.6. The molecule has 140 valence electrons. The van der Waals surface area contributed by atoms with E-state index in [0.29, 0.717) is 3.57 Å². The minimum atomic E-state index is -4.61. The number of alkyl halides is 6. The van der Waals surface area contributed by atoms with E-state index in [1.165, 1.54) is 48.5 Å². The molecule has 0 amide bonds. The highest BCUT2D eigenvalue weighted by molar-refractivity contribution is 14.1. The highest BCUT2D eigenvalue weighted by atomic mass is 127. The number of hydrogen-bond donors (Lipinski definition) is 0. The van der Waals surface area contributed by atoms with Crippen molar-refractivity contribution in [3.8, 4) is 22.5 Å². The number of nitrogens with zero attached hydrogens (tertiary/aromatic N) is 1. The van der Waals surface area contributed by atoms with Crippen LogP contribution in [0.1, 0.15) is 11.1 Å². The van der Waals surface area contributed by atoms with E-state index in [4.69, 9.17) is 0 Å². The molecule has 0 fully saturated rings. The molecule has 3 aromatic rings. The molecule has 1 aromatic heterocycles. The van der Waals surface area contributed by atoms with Crippen molar-refractivity contribution in [3.05, 3.63) is 75.4 Å². The molecule has 8 heteroatoms. The Morgan fingerprint density at radius 3 is 1.67 bits per heavy atom. The van der Waals surface area contributed by atoms with Gasteiger partial charge in [0, 0.05) is 14.7 Å². The molecule has 0 bridgehead atoms. The predicted octanol–water partition coefficient (Wildman–Crippen LogP) is 7.06. The van der Waals surface area contributed by atoms with E-state index in [1.807, 2.05) is 22.6 Å². The van der Waals surface area contributed by atoms with Gasteiger partial charge in [-0.2, -0.15) is 26.3 Å². The molecule has 0 atom stereocenters. The van der Waals surface area contributed by atoms with Gasteiger partial charge in [0.05, 0.1) is 22.5 Å². The highest BCUT2D eigenvalue weighted by Gasteiger charge is 2.35. The predicted molar refractivity (Wildman–Crippen MR) is 97.8 cm³/mol. The van der Waals surface area contributed by atoms with Crippen molar-refractivity contribution in [2.45, 2.75) is 12.4 Å². The average molecular weight is 493 g/mol. The SMILES string of the molecule is FC(F)(F)c1ccccc1-c1ccc(I)c(-c2ccccc2C(F)(F)F)n1. The van der Waals surface area contributed by atoms with E-state index < -0.39 is 23.5 Å². The van der Waals surface area contributed by atoms with Crippen LogP contribution in [0.5, 0.6) is 0 Å². The van der Waals surface area contributed by atoms with E-state index in [-0.39, 0.29) is 22.5 Å². The van der Waals surface area contributed by atoms with Gasteiger partial charge in [-0.1, -0.05) is 36.4 Å². The third-order valence-electron chi connectivity index (χ3n) is 3.84. The number of aromatic nitrogens is 1. The Morgan fingerprint density at radius 1 is 0.630 bits per heavy atom. The normalized spacial score (nSPS) is 12.3. The van der Waals surface area contributed by atoms with Gasteiger partial charge in [0.2, 0.25) is 0 Å². The van der Waals surface area contributed by atoms with E-state index in [1.54, 1.807) is 0 Å². The van der Waals surface area contributed by atoms with Crippen LogP contribution in [0.3, 0.4) is 0 Å². The third-order valence-corrected chi connectivity index (χ3v) is 4.71. The molecule has 27 heavy (non-hydrogen) atoms. The van der Waals surface area contributed by atoms with Gasteiger partial charge >= 0.3 is 12.4 Å². The van der Waals surface area contributed by atoms with E-state index in [2.05, 4.69) is 4.98 Å². The summed E-state index contributed by atoms with van der Waals surface area (Å²) >= 11 is 1.82. The first-order valence-electron chi connectivity index (χ1n) is 7.59. The minimum Gasteiger partial charge on any atom is -0.247 e. The monoisotopic (exact) mass is 493 g/mol. The molecule has 1 heterocycles. The van der Waals surface area contributed by atoms with Gasteiger partial charge in [-0.25, -0.2) is 4.98 Å². The Morgan fingerprint density at radius 2 is 1.11 bits per heavy atom. The fourth-order valence-electron chi connectivity index (χ4n) is 2.67. The van der Waals surface area contributed by atoms with Crippen LogP contribution in [0.25, 0.3) is 22.5 Å². The lowest BCUT2D eigenvalue weighted by Gasteiger charge is -2.16. The molecule has 0 saturated carbocycles. The lowest BCUT2D eigenvalue weighted by atomic mass is 10.0. The summed E-state index contributed by atoms with van der Waals surface area (Å²) in [4.78, 5) is 4.15. The number of rotatable bonds is 2. The zero-order valence-electron chi connectivity index (χ0n) is 13.4. The fourth-order valence-corrected chi connectivity index (χ4v) is 3.26. The maximum absolute atomic E-state index is 13.3. The molecule has 2 aromatic carbocycles. The molecule has 0 N–H and O–H groups in total. The molecule has 0 spiro atoms. The van der Waals surface area contributed by atoms with Crippen LogP contribution in [-0.4, -0.2) is 4.98 Å². The quantitative estimate of drug-likeness (QED) is 0.275. The van der Waals surface area contributed by atoms with Crippen molar-refractivity contribution in [1.29, 1.82) is 0 Å². The summed E-state index contributed by atoms with van der Waals surface area (Å²) in [5.74, 6) is 0. The van der Waals surface area contributed by atoms with Gasteiger partial charge in [-0.15, -0.1) is 0 Å². The second kappa shape index (κ2) is 7.14. The lowest BCUT2D eigenvalue weighted by molar-refractivity contribution is -0.137. The van der Waals surface area contributed by atoms with Crippen molar-refractivity contribution in [2.24, 2.45) is 0 Å². The van der Waals surface area contributed by atoms with Gasteiger partial charge in [0.25, 0.3) is 0 Å². The second-order valence-corrected chi connectivity index (χ2v) is 6.78. The van der Waals surface area contributed by atoms with Gasteiger partial charge in [-0.05, 0) is 46.9 Å². The average Bonchev–Trinajstić information content (AvgIpc) is 2.61. The number of halogens is 7. The Bertz CT molecular complexity index is 978. The molecule has 3 rings (SSSR count). The van der Waals surface area contributed by atoms with Crippen molar-refractivity contribution in [2.75, 3.05) is 0 Å². The molecule has 1 nitrogen and oxygen atoms in total. The zero-order valence-corrected chi connectivity index (χ0v) is 15.5. The standard InChI is InChI=1S/C19H10F6IN/c20-18(21,22)13-7-3-1-5-11(13)16-10-9-15(26)17(27-16)12-6-2-4-8-14(12)19(23,24)25/h1-10H. The molecule has 0 unspecified atom stereocenters. The summed E-state index contributed by atoms with van der Waals surface area (Å²) in [7, 11) is 0. The number of benzene rings is 2. The molecule has 0 aliphatic carbocycles. The number of hydrogen-bond acceptors (Lipinski definition) is 1. The van der Waals surface area contributed by atoms with Crippen molar-refractivity contribution >= 4 is 22.6 Å². The zero-order chi connectivity index (χ0) is 19.8. The second-order valence-electron chi connectivity index (χ2n) is 5.61. The summed E-state index contributed by atoms with van der Waals surface area (Å²) in [6, 6.07) is 12.5. The van der Waals surface area contributed by atoms with Crippen LogP contribution >= 0.6 is 22.6 Å². The van der Waals surface area contributed by atoms with Gasteiger partial charge in [-0.3, -0.25) is 0 Å². The molecular formula is C19H10F6IN.